The minimum atomic E-state index is -2.90. The summed E-state index contributed by atoms with van der Waals surface area (Å²) < 4.78 is 29.8. The van der Waals surface area contributed by atoms with Gasteiger partial charge in [0.15, 0.2) is 0 Å². The fourth-order valence-electron chi connectivity index (χ4n) is 1.65. The molecule has 0 aliphatic rings. The molecular formula is C15H18BrF2NO2. The van der Waals surface area contributed by atoms with Crippen LogP contribution in [0.5, 0.6) is 5.75 Å². The largest absolute Gasteiger partial charge is 0.434 e. The lowest BCUT2D eigenvalue weighted by Gasteiger charge is -2.14. The van der Waals surface area contributed by atoms with E-state index < -0.39 is 6.61 Å². The first-order valence-corrected chi connectivity index (χ1v) is 7.41. The van der Waals surface area contributed by atoms with E-state index in [9.17, 15) is 13.6 Å². The maximum Gasteiger partial charge on any atom is 0.387 e. The van der Waals surface area contributed by atoms with Gasteiger partial charge in [-0.3, -0.25) is 4.79 Å². The van der Waals surface area contributed by atoms with Crippen molar-refractivity contribution in [2.45, 2.75) is 26.4 Å². The zero-order valence-electron chi connectivity index (χ0n) is 12.0. The van der Waals surface area contributed by atoms with Crippen LogP contribution < -0.4 is 4.74 Å². The summed E-state index contributed by atoms with van der Waals surface area (Å²) in [5, 5.41) is 0. The van der Waals surface area contributed by atoms with Gasteiger partial charge in [0, 0.05) is 29.7 Å². The van der Waals surface area contributed by atoms with Crippen molar-refractivity contribution in [3.8, 4) is 5.75 Å². The highest BCUT2D eigenvalue weighted by molar-refractivity contribution is 9.10. The zero-order chi connectivity index (χ0) is 15.8. The average Bonchev–Trinajstić information content (AvgIpc) is 2.44. The number of ether oxygens (including phenoxy) is 1. The Balaban J connectivity index is 2.82. The molecule has 0 N–H and O–H groups in total. The topological polar surface area (TPSA) is 29.5 Å². The number of alkyl halides is 2. The van der Waals surface area contributed by atoms with Gasteiger partial charge in [-0.1, -0.05) is 29.3 Å². The number of benzene rings is 1. The van der Waals surface area contributed by atoms with E-state index in [0.29, 0.717) is 12.1 Å². The lowest BCUT2D eigenvalue weighted by atomic mass is 10.2. The molecule has 116 valence electrons. The minimum absolute atomic E-state index is 0.0356. The van der Waals surface area contributed by atoms with E-state index in [4.69, 9.17) is 0 Å². The van der Waals surface area contributed by atoms with Gasteiger partial charge in [-0.25, -0.2) is 0 Å². The molecule has 0 bridgehead atoms. The lowest BCUT2D eigenvalue weighted by molar-refractivity contribution is -0.124. The smallest absolute Gasteiger partial charge is 0.387 e. The molecule has 3 nitrogen and oxygen atoms in total. The maximum atomic E-state index is 12.3. The Morgan fingerprint density at radius 3 is 2.81 bits per heavy atom. The molecule has 0 fully saturated rings. The third-order valence-corrected chi connectivity index (χ3v) is 3.31. The van der Waals surface area contributed by atoms with Gasteiger partial charge in [-0.05, 0) is 30.7 Å². The van der Waals surface area contributed by atoms with Crippen LogP contribution in [0.25, 0.3) is 6.08 Å². The number of hydrogen-bond acceptors (Lipinski definition) is 2. The molecule has 0 aliphatic heterocycles. The fraction of sp³-hybridized carbons (Fsp3) is 0.400. The predicted molar refractivity (Wildman–Crippen MR) is 82.4 cm³/mol. The number of unbranched alkanes of at least 4 members (excludes halogenated alkanes) is 1. The molecule has 0 radical (unpaired) electrons. The number of carbonyl (C=O) groups is 1. The Kier molecular flexibility index (Phi) is 7.36. The van der Waals surface area contributed by atoms with Gasteiger partial charge in [0.2, 0.25) is 5.91 Å². The van der Waals surface area contributed by atoms with Gasteiger partial charge >= 0.3 is 6.61 Å². The molecule has 0 spiro atoms. The summed E-state index contributed by atoms with van der Waals surface area (Å²) >= 11 is 3.26. The van der Waals surface area contributed by atoms with Crippen LogP contribution in [0, 0.1) is 0 Å². The molecule has 0 saturated carbocycles. The zero-order valence-corrected chi connectivity index (χ0v) is 13.6. The minimum Gasteiger partial charge on any atom is -0.434 e. The SMILES string of the molecule is CCCCN(C)C(=O)/C=C/c1cc(Br)ccc1OC(F)F. The molecule has 1 aromatic rings. The van der Waals surface area contributed by atoms with Crippen molar-refractivity contribution in [3.63, 3.8) is 0 Å². The maximum absolute atomic E-state index is 12.3. The van der Waals surface area contributed by atoms with E-state index >= 15 is 0 Å². The summed E-state index contributed by atoms with van der Waals surface area (Å²) in [5.41, 5.74) is 0.418. The Morgan fingerprint density at radius 2 is 2.19 bits per heavy atom. The highest BCUT2D eigenvalue weighted by Gasteiger charge is 2.09. The summed E-state index contributed by atoms with van der Waals surface area (Å²) in [4.78, 5) is 13.5. The number of likely N-dealkylation sites (N-methyl/N-ethyl adjacent to an activating group) is 1. The summed E-state index contributed by atoms with van der Waals surface area (Å²) in [5.74, 6) is -0.139. The molecule has 21 heavy (non-hydrogen) atoms. The Bertz CT molecular complexity index is 506. The van der Waals surface area contributed by atoms with E-state index in [2.05, 4.69) is 20.7 Å². The first-order valence-electron chi connectivity index (χ1n) is 6.61. The van der Waals surface area contributed by atoms with Crippen LogP contribution >= 0.6 is 15.9 Å². The van der Waals surface area contributed by atoms with Crippen LogP contribution in [-0.4, -0.2) is 31.0 Å². The van der Waals surface area contributed by atoms with Gasteiger partial charge < -0.3 is 9.64 Å². The highest BCUT2D eigenvalue weighted by atomic mass is 79.9. The van der Waals surface area contributed by atoms with Crippen molar-refractivity contribution >= 4 is 27.9 Å². The molecular weight excluding hydrogens is 344 g/mol. The van der Waals surface area contributed by atoms with E-state index in [0.717, 1.165) is 17.3 Å². The normalized spacial score (nSPS) is 11.1. The van der Waals surface area contributed by atoms with Crippen LogP contribution in [-0.2, 0) is 4.79 Å². The van der Waals surface area contributed by atoms with Crippen molar-refractivity contribution < 1.29 is 18.3 Å². The number of rotatable bonds is 7. The van der Waals surface area contributed by atoms with Gasteiger partial charge in [0.1, 0.15) is 5.75 Å². The molecule has 0 aliphatic carbocycles. The molecule has 1 amide bonds. The predicted octanol–water partition coefficient (Wildman–Crippen LogP) is 4.32. The van der Waals surface area contributed by atoms with E-state index in [-0.39, 0.29) is 11.7 Å². The molecule has 0 saturated heterocycles. The van der Waals surface area contributed by atoms with Crippen LogP contribution in [0.15, 0.2) is 28.7 Å². The second-order valence-electron chi connectivity index (χ2n) is 4.51. The quantitative estimate of drug-likeness (QED) is 0.676. The third-order valence-electron chi connectivity index (χ3n) is 2.82. The molecule has 1 aromatic carbocycles. The standard InChI is InChI=1S/C15H18BrF2NO2/c1-3-4-9-19(2)14(20)8-5-11-10-12(16)6-7-13(11)21-15(17)18/h5-8,10,15H,3-4,9H2,1-2H3/b8-5+. The molecule has 0 unspecified atom stereocenters. The van der Waals surface area contributed by atoms with Crippen LogP contribution in [0.3, 0.4) is 0 Å². The molecule has 0 atom stereocenters. The van der Waals surface area contributed by atoms with Crippen LogP contribution in [0.1, 0.15) is 25.3 Å². The number of hydrogen-bond donors (Lipinski definition) is 0. The summed E-state index contributed by atoms with van der Waals surface area (Å²) in [6.45, 7) is -0.191. The second kappa shape index (κ2) is 8.77. The van der Waals surface area contributed by atoms with Gasteiger partial charge in [0.25, 0.3) is 0 Å². The van der Waals surface area contributed by atoms with Crippen molar-refractivity contribution in [2.75, 3.05) is 13.6 Å². The average molecular weight is 362 g/mol. The summed E-state index contributed by atoms with van der Waals surface area (Å²) in [7, 11) is 1.71. The first kappa shape index (κ1) is 17.6. The van der Waals surface area contributed by atoms with Crippen molar-refractivity contribution in [2.24, 2.45) is 0 Å². The monoisotopic (exact) mass is 361 g/mol. The van der Waals surface area contributed by atoms with Crippen LogP contribution in [0.2, 0.25) is 0 Å². The fourth-order valence-corrected chi connectivity index (χ4v) is 2.03. The third kappa shape index (κ3) is 6.25. The lowest BCUT2D eigenvalue weighted by Crippen LogP contribution is -2.25. The first-order chi connectivity index (χ1) is 9.93. The molecule has 0 heterocycles. The number of nitrogens with zero attached hydrogens (tertiary/aromatic N) is 1. The summed E-state index contributed by atoms with van der Waals surface area (Å²) in [6.07, 6.45) is 4.76. The number of amides is 1. The van der Waals surface area contributed by atoms with Crippen molar-refractivity contribution in [1.82, 2.24) is 4.90 Å². The number of carbonyl (C=O) groups excluding carboxylic acids is 1. The Hall–Kier alpha value is -1.43. The van der Waals surface area contributed by atoms with E-state index in [1.54, 1.807) is 24.1 Å². The van der Waals surface area contributed by atoms with E-state index in [1.807, 2.05) is 6.92 Å². The number of halogens is 3. The molecule has 1 rings (SSSR count). The Labute approximate surface area is 131 Å². The Morgan fingerprint density at radius 1 is 1.48 bits per heavy atom. The van der Waals surface area contributed by atoms with Gasteiger partial charge in [-0.2, -0.15) is 8.78 Å². The van der Waals surface area contributed by atoms with Crippen molar-refractivity contribution in [1.29, 1.82) is 0 Å². The van der Waals surface area contributed by atoms with Crippen LogP contribution in [0.4, 0.5) is 8.78 Å². The van der Waals surface area contributed by atoms with Crippen molar-refractivity contribution in [3.05, 3.63) is 34.3 Å². The van der Waals surface area contributed by atoms with E-state index in [1.165, 1.54) is 18.2 Å². The summed E-state index contributed by atoms with van der Waals surface area (Å²) in [6, 6.07) is 4.65. The van der Waals surface area contributed by atoms with Gasteiger partial charge in [-0.15, -0.1) is 0 Å². The highest BCUT2D eigenvalue weighted by Crippen LogP contribution is 2.26. The molecule has 6 heteroatoms. The second-order valence-corrected chi connectivity index (χ2v) is 5.42. The van der Waals surface area contributed by atoms with Gasteiger partial charge in [0.05, 0.1) is 0 Å². The molecule has 0 aromatic heterocycles.